The fraction of sp³-hybridized carbons (Fsp3) is 0.600. The Bertz CT molecular complexity index is 666. The van der Waals surface area contributed by atoms with E-state index >= 15 is 0 Å². The zero-order chi connectivity index (χ0) is 16.1. The van der Waals surface area contributed by atoms with Crippen molar-refractivity contribution in [1.82, 2.24) is 25.1 Å². The van der Waals surface area contributed by atoms with Gasteiger partial charge in [-0.1, -0.05) is 0 Å². The van der Waals surface area contributed by atoms with Gasteiger partial charge >= 0.3 is 0 Å². The number of methoxy groups -OCH3 is 1. The number of aromatic nitrogens is 4. The van der Waals surface area contributed by atoms with E-state index < -0.39 is 0 Å². The summed E-state index contributed by atoms with van der Waals surface area (Å²) in [6.45, 7) is 1.41. The number of fused-ring (bicyclic) bond motifs is 1. The lowest BCUT2D eigenvalue weighted by Gasteiger charge is -2.10. The minimum absolute atomic E-state index is 0.0415. The van der Waals surface area contributed by atoms with Crippen molar-refractivity contribution in [2.75, 3.05) is 20.3 Å². The Morgan fingerprint density at radius 2 is 2.39 bits per heavy atom. The highest BCUT2D eigenvalue weighted by Gasteiger charge is 2.16. The highest BCUT2D eigenvalue weighted by atomic mass is 16.5. The Morgan fingerprint density at radius 3 is 3.17 bits per heavy atom. The first-order chi connectivity index (χ1) is 11.3. The number of nitrogens with zero attached hydrogens (tertiary/aromatic N) is 4. The van der Waals surface area contributed by atoms with Gasteiger partial charge in [0.1, 0.15) is 0 Å². The van der Waals surface area contributed by atoms with E-state index in [1.165, 1.54) is 0 Å². The van der Waals surface area contributed by atoms with E-state index in [1.807, 2.05) is 0 Å². The molecule has 0 aromatic carbocycles. The molecule has 2 aromatic rings. The van der Waals surface area contributed by atoms with Crippen LogP contribution < -0.4 is 10.1 Å². The molecule has 1 fully saturated rings. The molecule has 1 aliphatic rings. The lowest BCUT2D eigenvalue weighted by Crippen LogP contribution is -2.31. The summed E-state index contributed by atoms with van der Waals surface area (Å²) in [5.74, 6) is 1.28. The molecule has 0 spiro atoms. The molecule has 1 aliphatic heterocycles. The molecule has 1 saturated heterocycles. The summed E-state index contributed by atoms with van der Waals surface area (Å²) < 4.78 is 12.2. The third kappa shape index (κ3) is 3.95. The van der Waals surface area contributed by atoms with Crippen molar-refractivity contribution in [3.05, 3.63) is 18.0 Å². The van der Waals surface area contributed by atoms with Crippen LogP contribution in [0.5, 0.6) is 5.88 Å². The van der Waals surface area contributed by atoms with Crippen LogP contribution in [0.2, 0.25) is 0 Å². The number of ether oxygens (including phenoxy) is 2. The summed E-state index contributed by atoms with van der Waals surface area (Å²) >= 11 is 0. The van der Waals surface area contributed by atoms with Crippen molar-refractivity contribution in [3.8, 4) is 5.88 Å². The van der Waals surface area contributed by atoms with Crippen LogP contribution in [0.25, 0.3) is 5.65 Å². The molecule has 1 unspecified atom stereocenters. The largest absolute Gasteiger partial charge is 0.480 e. The van der Waals surface area contributed by atoms with E-state index in [4.69, 9.17) is 9.47 Å². The van der Waals surface area contributed by atoms with Crippen molar-refractivity contribution in [2.24, 2.45) is 0 Å². The van der Waals surface area contributed by atoms with E-state index in [0.717, 1.165) is 25.3 Å². The summed E-state index contributed by atoms with van der Waals surface area (Å²) in [6.07, 6.45) is 4.06. The summed E-state index contributed by atoms with van der Waals surface area (Å²) in [6, 6.07) is 3.54. The average molecular weight is 319 g/mol. The van der Waals surface area contributed by atoms with E-state index in [-0.39, 0.29) is 12.0 Å². The Kier molecular flexibility index (Phi) is 5.02. The Morgan fingerprint density at radius 1 is 1.48 bits per heavy atom. The number of nitrogens with one attached hydrogen (secondary N) is 1. The summed E-state index contributed by atoms with van der Waals surface area (Å²) in [4.78, 5) is 11.8. The molecular formula is C15H21N5O3. The topological polar surface area (TPSA) is 90.6 Å². The van der Waals surface area contributed by atoms with Gasteiger partial charge in [-0.05, 0) is 25.3 Å². The third-order valence-electron chi connectivity index (χ3n) is 3.87. The van der Waals surface area contributed by atoms with E-state index in [9.17, 15) is 4.79 Å². The number of hydrogen-bond donors (Lipinski definition) is 1. The van der Waals surface area contributed by atoms with Crippen LogP contribution in [0.1, 0.15) is 31.5 Å². The van der Waals surface area contributed by atoms with Gasteiger partial charge in [0, 0.05) is 32.1 Å². The monoisotopic (exact) mass is 319 g/mol. The van der Waals surface area contributed by atoms with Crippen LogP contribution in [0.4, 0.5) is 0 Å². The van der Waals surface area contributed by atoms with Gasteiger partial charge in [0.15, 0.2) is 11.5 Å². The molecule has 23 heavy (non-hydrogen) atoms. The highest BCUT2D eigenvalue weighted by Crippen LogP contribution is 2.11. The predicted octanol–water partition coefficient (Wildman–Crippen LogP) is 0.751. The maximum absolute atomic E-state index is 11.8. The van der Waals surface area contributed by atoms with Crippen molar-refractivity contribution in [3.63, 3.8) is 0 Å². The third-order valence-corrected chi connectivity index (χ3v) is 3.87. The standard InChI is InChI=1S/C15H21N5O3/c1-22-15-8-7-13-18-17-12(20(13)19-15)5-2-6-14(21)16-10-11-4-3-9-23-11/h7-8,11H,2-6,9-10H2,1H3,(H,16,21). The van der Waals surface area contributed by atoms with Gasteiger partial charge in [-0.2, -0.15) is 4.52 Å². The number of aryl methyl sites for hydroxylation is 1. The van der Waals surface area contributed by atoms with Crippen LogP contribution in [-0.2, 0) is 16.0 Å². The van der Waals surface area contributed by atoms with E-state index in [2.05, 4.69) is 20.6 Å². The summed E-state index contributed by atoms with van der Waals surface area (Å²) in [7, 11) is 1.57. The lowest BCUT2D eigenvalue weighted by atomic mass is 10.2. The molecule has 3 heterocycles. The SMILES string of the molecule is COc1ccc2nnc(CCCC(=O)NCC3CCCO3)n2n1. The Labute approximate surface area is 134 Å². The normalized spacial score (nSPS) is 17.5. The van der Waals surface area contributed by atoms with Crippen LogP contribution in [0.3, 0.4) is 0 Å². The zero-order valence-electron chi connectivity index (χ0n) is 13.2. The van der Waals surface area contributed by atoms with Crippen LogP contribution in [-0.4, -0.2) is 52.1 Å². The molecule has 124 valence electrons. The molecule has 1 atom stereocenters. The van der Waals surface area contributed by atoms with Crippen LogP contribution >= 0.6 is 0 Å². The molecule has 1 amide bonds. The maximum atomic E-state index is 11.8. The smallest absolute Gasteiger partial charge is 0.231 e. The molecule has 1 N–H and O–H groups in total. The molecular weight excluding hydrogens is 298 g/mol. The zero-order valence-corrected chi connectivity index (χ0v) is 13.2. The minimum Gasteiger partial charge on any atom is -0.480 e. The predicted molar refractivity (Wildman–Crippen MR) is 82.3 cm³/mol. The van der Waals surface area contributed by atoms with Crippen LogP contribution in [0, 0.1) is 0 Å². The van der Waals surface area contributed by atoms with E-state index in [0.29, 0.717) is 37.3 Å². The average Bonchev–Trinajstić information content (AvgIpc) is 3.22. The first-order valence-electron chi connectivity index (χ1n) is 7.90. The highest BCUT2D eigenvalue weighted by molar-refractivity contribution is 5.75. The van der Waals surface area contributed by atoms with Gasteiger partial charge < -0.3 is 14.8 Å². The second-order valence-corrected chi connectivity index (χ2v) is 5.55. The number of hydrogen-bond acceptors (Lipinski definition) is 6. The van der Waals surface area contributed by atoms with Crippen molar-refractivity contribution in [1.29, 1.82) is 0 Å². The molecule has 0 aliphatic carbocycles. The fourth-order valence-corrected chi connectivity index (χ4v) is 2.61. The second-order valence-electron chi connectivity index (χ2n) is 5.55. The number of rotatable bonds is 7. The summed E-state index contributed by atoms with van der Waals surface area (Å²) in [5.41, 5.74) is 0.670. The number of carbonyl (C=O) groups is 1. The van der Waals surface area contributed by atoms with Crippen molar-refractivity contribution in [2.45, 2.75) is 38.2 Å². The Balaban J connectivity index is 1.47. The fourth-order valence-electron chi connectivity index (χ4n) is 2.61. The quantitative estimate of drug-likeness (QED) is 0.810. The Hall–Kier alpha value is -2.22. The molecule has 0 saturated carbocycles. The van der Waals surface area contributed by atoms with E-state index in [1.54, 1.807) is 23.8 Å². The van der Waals surface area contributed by atoms with Gasteiger partial charge in [0.05, 0.1) is 13.2 Å². The summed E-state index contributed by atoms with van der Waals surface area (Å²) in [5, 5.41) is 15.4. The van der Waals surface area contributed by atoms with Crippen molar-refractivity contribution < 1.29 is 14.3 Å². The van der Waals surface area contributed by atoms with Crippen molar-refractivity contribution >= 4 is 11.6 Å². The first-order valence-corrected chi connectivity index (χ1v) is 7.90. The molecule has 8 heteroatoms. The van der Waals surface area contributed by atoms with Gasteiger partial charge in [-0.3, -0.25) is 4.79 Å². The lowest BCUT2D eigenvalue weighted by molar-refractivity contribution is -0.121. The first kappa shape index (κ1) is 15.7. The molecule has 0 bridgehead atoms. The number of carbonyl (C=O) groups excluding carboxylic acids is 1. The molecule has 2 aromatic heterocycles. The molecule has 0 radical (unpaired) electrons. The second kappa shape index (κ2) is 7.36. The number of amides is 1. The molecule has 8 nitrogen and oxygen atoms in total. The maximum Gasteiger partial charge on any atom is 0.231 e. The van der Waals surface area contributed by atoms with Gasteiger partial charge in [0.25, 0.3) is 0 Å². The van der Waals surface area contributed by atoms with Gasteiger partial charge in [-0.15, -0.1) is 15.3 Å². The van der Waals surface area contributed by atoms with Gasteiger partial charge in [0.2, 0.25) is 11.8 Å². The van der Waals surface area contributed by atoms with Crippen LogP contribution in [0.15, 0.2) is 12.1 Å². The molecule has 3 rings (SSSR count). The van der Waals surface area contributed by atoms with Gasteiger partial charge in [-0.25, -0.2) is 0 Å². The minimum atomic E-state index is 0.0415.